The molecule has 3 heterocycles. The summed E-state index contributed by atoms with van der Waals surface area (Å²) in [6.07, 6.45) is -0.336. The number of pyridine rings is 1. The van der Waals surface area contributed by atoms with Crippen molar-refractivity contribution in [3.63, 3.8) is 0 Å². The van der Waals surface area contributed by atoms with E-state index in [1.165, 1.54) is 6.20 Å². The molecule has 4 aromatic rings. The van der Waals surface area contributed by atoms with Gasteiger partial charge in [-0.1, -0.05) is 40.9 Å². The molecule has 0 bridgehead atoms. The summed E-state index contributed by atoms with van der Waals surface area (Å²) in [5, 5.41) is 4.05. The lowest BCUT2D eigenvalue weighted by atomic mass is 9.97. The quantitative estimate of drug-likeness (QED) is 0.250. The molecular weight excluding hydrogens is 586 g/mol. The van der Waals surface area contributed by atoms with Crippen molar-refractivity contribution in [3.05, 3.63) is 86.4 Å². The standard InChI is InChI=1S/C28H25Cl3F3N5O/c1-38-24-12-23(39-9-3-5-18(15-39)28(32,33)34)21(30)11-22(24)37-25(38)10-19-20(29)7-6-16(26(19)31)14-36-27(40)17-4-2-8-35-13-17/h2,4,6-8,11-13,18H,3,5,9-10,14-15H2,1H3,(H,36,40). The van der Waals surface area contributed by atoms with Crippen LogP contribution in [0.25, 0.3) is 11.0 Å². The topological polar surface area (TPSA) is 63.1 Å². The Balaban J connectivity index is 1.39. The maximum Gasteiger partial charge on any atom is 0.393 e. The molecule has 1 saturated heterocycles. The first-order valence-corrected chi connectivity index (χ1v) is 13.8. The monoisotopic (exact) mass is 609 g/mol. The van der Waals surface area contributed by atoms with E-state index in [-0.39, 0.29) is 25.4 Å². The lowest BCUT2D eigenvalue weighted by molar-refractivity contribution is -0.175. The van der Waals surface area contributed by atoms with Crippen LogP contribution in [-0.2, 0) is 20.0 Å². The van der Waals surface area contributed by atoms with Gasteiger partial charge in [0.1, 0.15) is 5.82 Å². The lowest BCUT2D eigenvalue weighted by Crippen LogP contribution is -2.41. The van der Waals surface area contributed by atoms with Gasteiger partial charge in [-0.05, 0) is 54.3 Å². The fourth-order valence-electron chi connectivity index (χ4n) is 4.99. The third kappa shape index (κ3) is 5.87. The molecule has 40 heavy (non-hydrogen) atoms. The van der Waals surface area contributed by atoms with Crippen LogP contribution in [0.15, 0.2) is 48.8 Å². The number of carbonyl (C=O) groups excluding carboxylic acids is 1. The summed E-state index contributed by atoms with van der Waals surface area (Å²) in [7, 11) is 1.83. The summed E-state index contributed by atoms with van der Waals surface area (Å²) < 4.78 is 42.1. The first-order valence-electron chi connectivity index (χ1n) is 12.6. The Bertz CT molecular complexity index is 1560. The normalized spacial score (nSPS) is 16.0. The Labute approximate surface area is 244 Å². The molecule has 0 radical (unpaired) electrons. The summed E-state index contributed by atoms with van der Waals surface area (Å²) >= 11 is 19.8. The third-order valence-electron chi connectivity index (χ3n) is 7.23. The first kappa shape index (κ1) is 28.5. The van der Waals surface area contributed by atoms with E-state index in [9.17, 15) is 18.0 Å². The van der Waals surface area contributed by atoms with E-state index in [0.717, 1.165) is 5.52 Å². The van der Waals surface area contributed by atoms with E-state index in [2.05, 4.69) is 10.3 Å². The van der Waals surface area contributed by atoms with Crippen LogP contribution >= 0.6 is 34.8 Å². The van der Waals surface area contributed by atoms with Crippen LogP contribution < -0.4 is 10.2 Å². The van der Waals surface area contributed by atoms with Crippen molar-refractivity contribution in [1.82, 2.24) is 19.9 Å². The second kappa shape index (κ2) is 11.5. The number of amides is 1. The highest BCUT2D eigenvalue weighted by atomic mass is 35.5. The van der Waals surface area contributed by atoms with Crippen LogP contribution in [-0.4, -0.2) is 39.7 Å². The van der Waals surface area contributed by atoms with E-state index in [1.54, 1.807) is 47.5 Å². The zero-order valence-corrected chi connectivity index (χ0v) is 23.7. The van der Waals surface area contributed by atoms with Gasteiger partial charge >= 0.3 is 6.18 Å². The smallest absolute Gasteiger partial charge is 0.370 e. The molecule has 0 spiro atoms. The minimum absolute atomic E-state index is 0.115. The van der Waals surface area contributed by atoms with Crippen molar-refractivity contribution < 1.29 is 18.0 Å². The van der Waals surface area contributed by atoms with Gasteiger partial charge in [0.2, 0.25) is 0 Å². The van der Waals surface area contributed by atoms with Crippen LogP contribution in [0.2, 0.25) is 15.1 Å². The number of rotatable bonds is 6. The number of nitrogens with zero attached hydrogens (tertiary/aromatic N) is 4. The number of halogens is 6. The molecule has 6 nitrogen and oxygen atoms in total. The number of piperidine rings is 1. The number of alkyl halides is 3. The van der Waals surface area contributed by atoms with E-state index in [0.29, 0.717) is 68.2 Å². The lowest BCUT2D eigenvalue weighted by Gasteiger charge is -2.35. The molecule has 1 unspecified atom stereocenters. The number of aryl methyl sites for hydroxylation is 1. The van der Waals surface area contributed by atoms with Crippen molar-refractivity contribution in [1.29, 1.82) is 0 Å². The zero-order chi connectivity index (χ0) is 28.6. The number of aromatic nitrogens is 3. The average Bonchev–Trinajstić information content (AvgIpc) is 3.23. The van der Waals surface area contributed by atoms with Crippen molar-refractivity contribution in [3.8, 4) is 0 Å². The van der Waals surface area contributed by atoms with Gasteiger partial charge in [0.25, 0.3) is 5.91 Å². The highest BCUT2D eigenvalue weighted by molar-refractivity contribution is 6.36. The van der Waals surface area contributed by atoms with Gasteiger partial charge in [0, 0.05) is 50.5 Å². The number of imidazole rings is 1. The number of benzene rings is 2. The molecule has 2 aromatic heterocycles. The molecule has 2 aromatic carbocycles. The van der Waals surface area contributed by atoms with E-state index < -0.39 is 12.1 Å². The second-order valence-corrected chi connectivity index (χ2v) is 11.0. The Hall–Kier alpha value is -3.01. The fraction of sp³-hybridized carbons (Fsp3) is 0.321. The average molecular weight is 611 g/mol. The number of hydrogen-bond acceptors (Lipinski definition) is 4. The highest BCUT2D eigenvalue weighted by Gasteiger charge is 2.42. The first-order chi connectivity index (χ1) is 19.0. The second-order valence-electron chi connectivity index (χ2n) is 9.81. The van der Waals surface area contributed by atoms with Crippen LogP contribution in [0, 0.1) is 5.92 Å². The molecule has 0 saturated carbocycles. The zero-order valence-electron chi connectivity index (χ0n) is 21.4. The molecule has 1 fully saturated rings. The van der Waals surface area contributed by atoms with Crippen LogP contribution in [0.4, 0.5) is 18.9 Å². The van der Waals surface area contributed by atoms with Crippen molar-refractivity contribution >= 4 is 57.4 Å². The van der Waals surface area contributed by atoms with Crippen LogP contribution in [0.5, 0.6) is 0 Å². The summed E-state index contributed by atoms with van der Waals surface area (Å²) in [6.45, 7) is 0.555. The molecule has 12 heteroatoms. The largest absolute Gasteiger partial charge is 0.393 e. The predicted octanol–water partition coefficient (Wildman–Crippen LogP) is 7.23. The molecule has 210 valence electrons. The van der Waals surface area contributed by atoms with Crippen molar-refractivity contribution in [2.45, 2.75) is 32.0 Å². The summed E-state index contributed by atoms with van der Waals surface area (Å²) in [5.74, 6) is -1.02. The summed E-state index contributed by atoms with van der Waals surface area (Å²) in [4.78, 5) is 22.8. The Kier molecular flexibility index (Phi) is 8.17. The van der Waals surface area contributed by atoms with Gasteiger partial charge in [0.15, 0.2) is 0 Å². The Morgan fingerprint density at radius 2 is 1.95 bits per heavy atom. The Morgan fingerprint density at radius 1 is 1.15 bits per heavy atom. The molecule has 1 N–H and O–H groups in total. The van der Waals surface area contributed by atoms with Crippen molar-refractivity contribution in [2.24, 2.45) is 13.0 Å². The van der Waals surface area contributed by atoms with Gasteiger partial charge in [-0.2, -0.15) is 13.2 Å². The fourth-order valence-corrected chi connectivity index (χ4v) is 5.84. The molecular formula is C28H25Cl3F3N5O. The number of anilines is 1. The van der Waals surface area contributed by atoms with E-state index in [1.807, 2.05) is 11.6 Å². The molecule has 1 atom stereocenters. The van der Waals surface area contributed by atoms with Gasteiger partial charge in [-0.25, -0.2) is 4.98 Å². The van der Waals surface area contributed by atoms with Gasteiger partial charge < -0.3 is 14.8 Å². The van der Waals surface area contributed by atoms with Crippen LogP contribution in [0.3, 0.4) is 0 Å². The summed E-state index contributed by atoms with van der Waals surface area (Å²) in [6, 6.07) is 10.3. The van der Waals surface area contributed by atoms with Gasteiger partial charge in [0.05, 0.1) is 38.2 Å². The van der Waals surface area contributed by atoms with Gasteiger partial charge in [-0.3, -0.25) is 9.78 Å². The van der Waals surface area contributed by atoms with Crippen LogP contribution in [0.1, 0.15) is 40.2 Å². The molecule has 1 aliphatic heterocycles. The minimum Gasteiger partial charge on any atom is -0.370 e. The number of carbonyl (C=O) groups is 1. The van der Waals surface area contributed by atoms with E-state index in [4.69, 9.17) is 39.8 Å². The van der Waals surface area contributed by atoms with E-state index >= 15 is 0 Å². The number of nitrogens with one attached hydrogen (secondary N) is 1. The SMILES string of the molecule is Cn1c(Cc2c(Cl)ccc(CNC(=O)c3cccnc3)c2Cl)nc2cc(Cl)c(N3CCCC(C(F)(F)F)C3)cc21. The molecule has 5 rings (SSSR count). The highest BCUT2D eigenvalue weighted by Crippen LogP contribution is 2.39. The maximum absolute atomic E-state index is 13.4. The van der Waals surface area contributed by atoms with Gasteiger partial charge in [-0.15, -0.1) is 0 Å². The molecule has 1 amide bonds. The molecule has 1 aliphatic rings. The maximum atomic E-state index is 13.4. The predicted molar refractivity (Wildman–Crippen MR) is 151 cm³/mol. The third-order valence-corrected chi connectivity index (χ3v) is 8.36. The van der Waals surface area contributed by atoms with Crippen molar-refractivity contribution in [2.75, 3.05) is 18.0 Å². The molecule has 0 aliphatic carbocycles. The number of hydrogen-bond donors (Lipinski definition) is 1. The minimum atomic E-state index is -4.25. The summed E-state index contributed by atoms with van der Waals surface area (Å²) in [5.41, 5.74) is 3.67. The Morgan fingerprint density at radius 3 is 2.67 bits per heavy atom. The number of fused-ring (bicyclic) bond motifs is 1.